The molecule has 2 rings (SSSR count). The van der Waals surface area contributed by atoms with Gasteiger partial charge in [-0.2, -0.15) is 10.5 Å². The highest BCUT2D eigenvalue weighted by Gasteiger charge is 2.14. The van der Waals surface area contributed by atoms with Crippen LogP contribution in [0.15, 0.2) is 29.0 Å². The van der Waals surface area contributed by atoms with Gasteiger partial charge in [-0.25, -0.2) is 4.98 Å². The smallest absolute Gasteiger partial charge is 0.177 e. The van der Waals surface area contributed by atoms with Gasteiger partial charge in [-0.15, -0.1) is 0 Å². The number of halogens is 1. The molecule has 0 aliphatic heterocycles. The second-order valence-corrected chi connectivity index (χ2v) is 4.89. The molecule has 0 spiro atoms. The van der Waals surface area contributed by atoms with Crippen LogP contribution in [-0.2, 0) is 0 Å². The summed E-state index contributed by atoms with van der Waals surface area (Å²) in [7, 11) is 0. The van der Waals surface area contributed by atoms with E-state index in [0.717, 1.165) is 15.7 Å². The van der Waals surface area contributed by atoms with E-state index in [0.29, 0.717) is 0 Å². The maximum atomic E-state index is 9.12. The second kappa shape index (κ2) is 5.23. The van der Waals surface area contributed by atoms with E-state index in [-0.39, 0.29) is 17.4 Å². The molecular formula is C13H10BrN5. The Labute approximate surface area is 119 Å². The van der Waals surface area contributed by atoms with Gasteiger partial charge in [0.05, 0.1) is 5.69 Å². The highest BCUT2D eigenvalue weighted by molar-refractivity contribution is 9.10. The highest BCUT2D eigenvalue weighted by atomic mass is 79.9. The first-order chi connectivity index (χ1) is 9.08. The molecule has 0 fully saturated rings. The van der Waals surface area contributed by atoms with Gasteiger partial charge < -0.3 is 5.73 Å². The lowest BCUT2D eigenvalue weighted by Gasteiger charge is -2.11. The first kappa shape index (κ1) is 13.3. The molecule has 1 heterocycles. The first-order valence-electron chi connectivity index (χ1n) is 5.51. The van der Waals surface area contributed by atoms with Crippen molar-refractivity contribution < 1.29 is 0 Å². The Balaban J connectivity index is 2.58. The van der Waals surface area contributed by atoms with Gasteiger partial charge in [-0.05, 0) is 40.5 Å². The Morgan fingerprint density at radius 1 is 1.37 bits per heavy atom. The summed E-state index contributed by atoms with van der Waals surface area (Å²) in [5.74, 6) is 0. The van der Waals surface area contributed by atoms with Crippen molar-refractivity contribution in [2.24, 2.45) is 5.73 Å². The normalized spacial score (nSPS) is 11.6. The zero-order valence-electron chi connectivity index (χ0n) is 10.1. The van der Waals surface area contributed by atoms with Crippen LogP contribution in [0.2, 0.25) is 0 Å². The average Bonchev–Trinajstić information content (AvgIpc) is 2.80. The molecule has 19 heavy (non-hydrogen) atoms. The lowest BCUT2D eigenvalue weighted by Crippen LogP contribution is -2.06. The minimum atomic E-state index is -0.0711. The quantitative estimate of drug-likeness (QED) is 0.921. The molecule has 1 aromatic carbocycles. The van der Waals surface area contributed by atoms with E-state index in [9.17, 15) is 0 Å². The van der Waals surface area contributed by atoms with Crippen LogP contribution in [0.1, 0.15) is 29.9 Å². The molecule has 0 aliphatic carbocycles. The number of nitrogens with zero attached hydrogens (tertiary/aromatic N) is 4. The molecule has 94 valence electrons. The van der Waals surface area contributed by atoms with Crippen molar-refractivity contribution in [1.29, 1.82) is 10.5 Å². The van der Waals surface area contributed by atoms with Crippen LogP contribution in [0, 0.1) is 22.7 Å². The summed E-state index contributed by atoms with van der Waals surface area (Å²) in [5.41, 5.74) is 7.88. The number of hydrogen-bond acceptors (Lipinski definition) is 4. The number of rotatable bonds is 2. The third-order valence-electron chi connectivity index (χ3n) is 2.74. The summed E-state index contributed by atoms with van der Waals surface area (Å²) >= 11 is 3.45. The van der Waals surface area contributed by atoms with Crippen LogP contribution in [0.4, 0.5) is 0 Å². The Hall–Kier alpha value is -2.15. The van der Waals surface area contributed by atoms with E-state index in [1.165, 1.54) is 6.33 Å². The molecule has 1 unspecified atom stereocenters. The summed E-state index contributed by atoms with van der Waals surface area (Å²) in [6.07, 6.45) is 1.46. The molecular weight excluding hydrogens is 306 g/mol. The molecule has 0 radical (unpaired) electrons. The third kappa shape index (κ3) is 2.37. The van der Waals surface area contributed by atoms with E-state index < -0.39 is 0 Å². The van der Waals surface area contributed by atoms with Crippen LogP contribution in [0.3, 0.4) is 0 Å². The topological polar surface area (TPSA) is 91.4 Å². The molecule has 0 saturated carbocycles. The number of benzene rings is 1. The van der Waals surface area contributed by atoms with E-state index in [2.05, 4.69) is 20.9 Å². The summed E-state index contributed by atoms with van der Waals surface area (Å²) in [6.45, 7) is 1.90. The minimum Gasteiger partial charge on any atom is -0.324 e. The monoisotopic (exact) mass is 315 g/mol. The predicted molar refractivity (Wildman–Crippen MR) is 73.3 cm³/mol. The third-order valence-corrected chi connectivity index (χ3v) is 3.37. The predicted octanol–water partition coefficient (Wildman–Crippen LogP) is 2.40. The molecule has 0 saturated heterocycles. The van der Waals surface area contributed by atoms with Crippen LogP contribution >= 0.6 is 15.9 Å². The fourth-order valence-corrected chi connectivity index (χ4v) is 2.31. The first-order valence-corrected chi connectivity index (χ1v) is 6.30. The molecule has 6 heteroatoms. The Morgan fingerprint density at radius 3 is 2.63 bits per heavy atom. The maximum absolute atomic E-state index is 9.12. The zero-order valence-corrected chi connectivity index (χ0v) is 11.7. The van der Waals surface area contributed by atoms with Gasteiger partial charge >= 0.3 is 0 Å². The number of aromatic nitrogens is 2. The van der Waals surface area contributed by atoms with Crippen molar-refractivity contribution in [2.75, 3.05) is 0 Å². The fraction of sp³-hybridized carbons (Fsp3) is 0.154. The van der Waals surface area contributed by atoms with Crippen molar-refractivity contribution in [3.63, 3.8) is 0 Å². The number of hydrogen-bond donors (Lipinski definition) is 1. The standard InChI is InChI=1S/C13H10BrN5/c1-8(17)9-2-3-12(10(14)4-9)19-7-18-11(5-15)13(19)6-16/h2-4,7-8H,17H2,1H3. The van der Waals surface area contributed by atoms with Crippen LogP contribution in [0.25, 0.3) is 5.69 Å². The van der Waals surface area contributed by atoms with Crippen LogP contribution < -0.4 is 5.73 Å². The summed E-state index contributed by atoms with van der Waals surface area (Å²) in [4.78, 5) is 3.91. The highest BCUT2D eigenvalue weighted by Crippen LogP contribution is 2.26. The van der Waals surface area contributed by atoms with Crippen molar-refractivity contribution in [3.05, 3.63) is 46.0 Å². The van der Waals surface area contributed by atoms with Crippen molar-refractivity contribution in [1.82, 2.24) is 9.55 Å². The molecule has 1 aromatic heterocycles. The van der Waals surface area contributed by atoms with Gasteiger partial charge in [0.25, 0.3) is 0 Å². The molecule has 0 amide bonds. The average molecular weight is 316 g/mol. The molecule has 2 aromatic rings. The molecule has 0 bridgehead atoms. The number of nitrogens with two attached hydrogens (primary N) is 1. The molecule has 2 N–H and O–H groups in total. The van der Waals surface area contributed by atoms with Gasteiger partial charge in [0, 0.05) is 10.5 Å². The maximum Gasteiger partial charge on any atom is 0.177 e. The summed E-state index contributed by atoms with van der Waals surface area (Å²) in [5, 5.41) is 18.0. The van der Waals surface area contributed by atoms with E-state index in [1.807, 2.05) is 37.3 Å². The van der Waals surface area contributed by atoms with Gasteiger partial charge in [0.1, 0.15) is 18.5 Å². The lowest BCUT2D eigenvalue weighted by molar-refractivity contribution is 0.816. The zero-order chi connectivity index (χ0) is 14.0. The lowest BCUT2D eigenvalue weighted by atomic mass is 10.1. The number of nitriles is 2. The number of imidazole rings is 1. The van der Waals surface area contributed by atoms with Crippen molar-refractivity contribution in [2.45, 2.75) is 13.0 Å². The Morgan fingerprint density at radius 2 is 2.11 bits per heavy atom. The van der Waals surface area contributed by atoms with Crippen LogP contribution in [-0.4, -0.2) is 9.55 Å². The second-order valence-electron chi connectivity index (χ2n) is 4.03. The van der Waals surface area contributed by atoms with Gasteiger partial charge in [0.15, 0.2) is 11.4 Å². The van der Waals surface area contributed by atoms with E-state index >= 15 is 0 Å². The molecule has 1 atom stereocenters. The SMILES string of the molecule is CC(N)c1ccc(-n2cnc(C#N)c2C#N)c(Br)c1. The Kier molecular flexibility index (Phi) is 3.66. The summed E-state index contributed by atoms with van der Waals surface area (Å²) < 4.78 is 2.37. The van der Waals surface area contributed by atoms with E-state index in [4.69, 9.17) is 16.3 Å². The molecule has 0 aliphatic rings. The largest absolute Gasteiger partial charge is 0.324 e. The van der Waals surface area contributed by atoms with Gasteiger partial charge in [-0.3, -0.25) is 4.57 Å². The fourth-order valence-electron chi connectivity index (χ4n) is 1.72. The van der Waals surface area contributed by atoms with Gasteiger partial charge in [-0.1, -0.05) is 6.07 Å². The van der Waals surface area contributed by atoms with Crippen LogP contribution in [0.5, 0.6) is 0 Å². The van der Waals surface area contributed by atoms with Crippen molar-refractivity contribution >= 4 is 15.9 Å². The van der Waals surface area contributed by atoms with E-state index in [1.54, 1.807) is 4.57 Å². The minimum absolute atomic E-state index is 0.0711. The summed E-state index contributed by atoms with van der Waals surface area (Å²) in [6, 6.07) is 9.44. The molecule has 5 nitrogen and oxygen atoms in total. The van der Waals surface area contributed by atoms with Gasteiger partial charge in [0.2, 0.25) is 0 Å². The van der Waals surface area contributed by atoms with Crippen molar-refractivity contribution in [3.8, 4) is 17.8 Å². The Bertz CT molecular complexity index is 703.